The first-order chi connectivity index (χ1) is 6.97. The van der Waals surface area contributed by atoms with Crippen molar-refractivity contribution in [3.63, 3.8) is 0 Å². The molecule has 0 atom stereocenters. The number of nitrogens with zero attached hydrogens (tertiary/aromatic N) is 2. The van der Waals surface area contributed by atoms with Gasteiger partial charge in [0, 0.05) is 10.9 Å². The van der Waals surface area contributed by atoms with Crippen LogP contribution in [0.1, 0.15) is 17.7 Å². The van der Waals surface area contributed by atoms with Crippen molar-refractivity contribution in [1.29, 1.82) is 0 Å². The summed E-state index contributed by atoms with van der Waals surface area (Å²) >= 11 is 2.84. The molecule has 0 bridgehead atoms. The molecule has 0 saturated heterocycles. The number of alkyl halides is 3. The molecule has 1 heterocycles. The van der Waals surface area contributed by atoms with E-state index in [1.807, 2.05) is 0 Å². The van der Waals surface area contributed by atoms with Gasteiger partial charge in [0.05, 0.1) is 0 Å². The monoisotopic (exact) mass is 284 g/mol. The number of hydrogen-bond donors (Lipinski definition) is 0. The lowest BCUT2D eigenvalue weighted by Gasteiger charge is -2.01. The zero-order valence-electron chi connectivity index (χ0n) is 7.08. The molecule has 0 aliphatic carbocycles. The summed E-state index contributed by atoms with van der Waals surface area (Å²) in [4.78, 5) is 12.1. The summed E-state index contributed by atoms with van der Waals surface area (Å²) in [5.74, 6) is -2.37. The second kappa shape index (κ2) is 4.56. The first-order valence-electron chi connectivity index (χ1n) is 3.65. The summed E-state index contributed by atoms with van der Waals surface area (Å²) in [6.07, 6.45) is -2.97. The predicted molar refractivity (Wildman–Crippen MR) is 48.4 cm³/mol. The Morgan fingerprint density at radius 3 is 2.60 bits per heavy atom. The van der Waals surface area contributed by atoms with E-state index in [1.165, 1.54) is 0 Å². The quantitative estimate of drug-likeness (QED) is 0.487. The zero-order chi connectivity index (χ0) is 11.6. The highest BCUT2D eigenvalue weighted by molar-refractivity contribution is 9.08. The van der Waals surface area contributed by atoms with Gasteiger partial charge in [-0.25, -0.2) is 8.78 Å². The van der Waals surface area contributed by atoms with Gasteiger partial charge < -0.3 is 10.1 Å². The Kier molecular flexibility index (Phi) is 3.61. The molecule has 0 aliphatic rings. The van der Waals surface area contributed by atoms with E-state index in [4.69, 9.17) is 0 Å². The van der Waals surface area contributed by atoms with Crippen LogP contribution in [-0.4, -0.2) is 9.91 Å². The molecule has 0 saturated carbocycles. The van der Waals surface area contributed by atoms with Crippen molar-refractivity contribution in [3.8, 4) is 0 Å². The van der Waals surface area contributed by atoms with Gasteiger partial charge in [-0.1, -0.05) is 15.9 Å². The van der Waals surface area contributed by atoms with Gasteiger partial charge >= 0.3 is 12.2 Å². The van der Waals surface area contributed by atoms with E-state index >= 15 is 0 Å². The Labute approximate surface area is 90.4 Å². The Hall–Kier alpha value is -1.18. The van der Waals surface area contributed by atoms with Crippen molar-refractivity contribution < 1.29 is 18.1 Å². The summed E-state index contributed by atoms with van der Waals surface area (Å²) in [5, 5.41) is 10.2. The largest absolute Gasteiger partial charge is 0.400 e. The fourth-order valence-electron chi connectivity index (χ4n) is 0.919. The summed E-state index contributed by atoms with van der Waals surface area (Å²) in [6.45, 7) is 0. The Balaban J connectivity index is 3.38. The van der Waals surface area contributed by atoms with Crippen molar-refractivity contribution in [1.82, 2.24) is 4.98 Å². The molecule has 0 amide bonds. The average molecular weight is 285 g/mol. The van der Waals surface area contributed by atoms with Crippen LogP contribution < -0.4 is 0 Å². The van der Waals surface area contributed by atoms with Crippen molar-refractivity contribution in [2.75, 3.05) is 0 Å². The van der Waals surface area contributed by atoms with Gasteiger partial charge in [0.1, 0.15) is 0 Å². The van der Waals surface area contributed by atoms with Gasteiger partial charge in [0.2, 0.25) is 11.5 Å². The minimum absolute atomic E-state index is 0.0953. The second-order valence-electron chi connectivity index (χ2n) is 2.54. The van der Waals surface area contributed by atoms with Gasteiger partial charge in [-0.3, -0.25) is 0 Å². The van der Waals surface area contributed by atoms with E-state index in [1.54, 1.807) is 0 Å². The van der Waals surface area contributed by atoms with Gasteiger partial charge in [-0.05, 0) is 16.0 Å². The first kappa shape index (κ1) is 11.9. The van der Waals surface area contributed by atoms with Gasteiger partial charge in [-0.2, -0.15) is 4.39 Å². The molecule has 4 nitrogen and oxygen atoms in total. The van der Waals surface area contributed by atoms with Crippen LogP contribution in [0.4, 0.5) is 19.0 Å². The van der Waals surface area contributed by atoms with Crippen LogP contribution in [0.5, 0.6) is 0 Å². The normalized spacial score (nSPS) is 10.7. The van der Waals surface area contributed by atoms with Crippen LogP contribution in [0.3, 0.4) is 0 Å². The Bertz CT molecular complexity index is 400. The summed E-state index contributed by atoms with van der Waals surface area (Å²) in [6, 6.07) is 0.793. The maximum Gasteiger partial charge on any atom is 0.400 e. The molecule has 0 aliphatic heterocycles. The first-order valence-corrected chi connectivity index (χ1v) is 4.77. The fraction of sp³-hybridized carbons (Fsp3) is 0.286. The summed E-state index contributed by atoms with van der Waals surface area (Å²) < 4.78 is 37.7. The van der Waals surface area contributed by atoms with Crippen LogP contribution in [-0.2, 0) is 5.33 Å². The Morgan fingerprint density at radius 1 is 1.60 bits per heavy atom. The van der Waals surface area contributed by atoms with Crippen molar-refractivity contribution in [2.45, 2.75) is 11.8 Å². The average Bonchev–Trinajstić information content (AvgIpc) is 2.17. The highest BCUT2D eigenvalue weighted by Gasteiger charge is 2.26. The molecule has 1 rings (SSSR count). The zero-order valence-corrected chi connectivity index (χ0v) is 8.67. The van der Waals surface area contributed by atoms with Gasteiger partial charge in [0.25, 0.3) is 0 Å². The van der Waals surface area contributed by atoms with Crippen LogP contribution in [0.2, 0.25) is 0 Å². The van der Waals surface area contributed by atoms with Gasteiger partial charge in [-0.15, -0.1) is 0 Å². The van der Waals surface area contributed by atoms with E-state index in [-0.39, 0.29) is 10.9 Å². The van der Waals surface area contributed by atoms with Crippen molar-refractivity contribution >= 4 is 21.7 Å². The van der Waals surface area contributed by atoms with E-state index < -0.39 is 28.7 Å². The number of halogens is 4. The molecule has 15 heavy (non-hydrogen) atoms. The number of nitro groups is 1. The van der Waals surface area contributed by atoms with Crippen LogP contribution in [0.15, 0.2) is 6.07 Å². The van der Waals surface area contributed by atoms with E-state index in [0.29, 0.717) is 0 Å². The van der Waals surface area contributed by atoms with Crippen LogP contribution >= 0.6 is 15.9 Å². The lowest BCUT2D eigenvalue weighted by Crippen LogP contribution is -2.03. The SMILES string of the molecule is O=[N+]([O-])c1nc(C(F)F)cc(CBr)c1F. The highest BCUT2D eigenvalue weighted by atomic mass is 79.9. The third-order valence-corrected chi connectivity index (χ3v) is 2.18. The number of aromatic nitrogens is 1. The van der Waals surface area contributed by atoms with E-state index in [0.717, 1.165) is 6.07 Å². The minimum Gasteiger partial charge on any atom is -0.358 e. The van der Waals surface area contributed by atoms with Crippen LogP contribution in [0.25, 0.3) is 0 Å². The summed E-state index contributed by atoms with van der Waals surface area (Å²) in [7, 11) is 0. The summed E-state index contributed by atoms with van der Waals surface area (Å²) in [5.41, 5.74) is -1.02. The molecule has 0 unspecified atom stereocenters. The predicted octanol–water partition coefficient (Wildman–Crippen LogP) is 2.96. The highest BCUT2D eigenvalue weighted by Crippen LogP contribution is 2.26. The molecule has 0 radical (unpaired) electrons. The third-order valence-electron chi connectivity index (χ3n) is 1.58. The molecular weight excluding hydrogens is 281 g/mol. The van der Waals surface area contributed by atoms with Crippen molar-refractivity contribution in [2.24, 2.45) is 0 Å². The molecule has 0 spiro atoms. The number of hydrogen-bond acceptors (Lipinski definition) is 3. The molecule has 1 aromatic rings. The number of pyridine rings is 1. The van der Waals surface area contributed by atoms with Gasteiger partial charge in [0.15, 0.2) is 0 Å². The standard InChI is InChI=1S/C7H4BrF3N2O2/c8-2-3-1-4(6(10)11)12-7(5(3)9)13(14)15/h1,6H,2H2. The van der Waals surface area contributed by atoms with E-state index in [2.05, 4.69) is 20.9 Å². The molecular formula is C7H4BrF3N2O2. The second-order valence-corrected chi connectivity index (χ2v) is 3.10. The fourth-order valence-corrected chi connectivity index (χ4v) is 1.33. The molecule has 0 fully saturated rings. The minimum atomic E-state index is -2.97. The molecule has 82 valence electrons. The Morgan fingerprint density at radius 2 is 2.20 bits per heavy atom. The maximum atomic E-state index is 13.2. The topological polar surface area (TPSA) is 56.0 Å². The number of rotatable bonds is 3. The maximum absolute atomic E-state index is 13.2. The lowest BCUT2D eigenvalue weighted by atomic mass is 10.2. The lowest BCUT2D eigenvalue weighted by molar-refractivity contribution is -0.392. The van der Waals surface area contributed by atoms with E-state index in [9.17, 15) is 23.3 Å². The van der Waals surface area contributed by atoms with Crippen molar-refractivity contribution in [3.05, 3.63) is 33.3 Å². The smallest absolute Gasteiger partial charge is 0.358 e. The molecule has 0 aromatic carbocycles. The molecule has 1 aromatic heterocycles. The third kappa shape index (κ3) is 2.44. The molecule has 8 heteroatoms. The molecule has 0 N–H and O–H groups in total. The van der Waals surface area contributed by atoms with Crippen LogP contribution in [0, 0.1) is 15.9 Å².